The molecule has 0 saturated carbocycles. The number of hydrogen-bond acceptors (Lipinski definition) is 8. The van der Waals surface area contributed by atoms with Crippen LogP contribution in [0.3, 0.4) is 0 Å². The molecule has 3 heterocycles. The number of phenolic OH excluding ortho intramolecular Hbond substituents is 2. The smallest absolute Gasteiger partial charge is 0.182 e. The van der Waals surface area contributed by atoms with E-state index in [-0.39, 0.29) is 22.4 Å². The normalized spacial score (nSPS) is 12.9. The van der Waals surface area contributed by atoms with Crippen LogP contribution < -0.4 is 20.3 Å². The fraction of sp³-hybridized carbons (Fsp3) is 0.0612. The molecule has 2 aliphatic carbocycles. The third kappa shape index (κ3) is 5.29. The maximum Gasteiger partial charge on any atom is 0.182 e. The monoisotopic (exact) mass is 746 g/mol. The number of rotatable bonds is 2. The highest BCUT2D eigenvalue weighted by Gasteiger charge is 2.24. The first-order valence-corrected chi connectivity index (χ1v) is 18.7. The van der Waals surface area contributed by atoms with Crippen LogP contribution in [-0.2, 0) is 0 Å². The molecule has 57 heavy (non-hydrogen) atoms. The second-order valence-electron chi connectivity index (χ2n) is 14.4. The lowest BCUT2D eigenvalue weighted by Crippen LogP contribution is -2.03. The van der Waals surface area contributed by atoms with Gasteiger partial charge in [-0.2, -0.15) is 0 Å². The Morgan fingerprint density at radius 3 is 1.35 bits per heavy atom. The molecule has 0 saturated heterocycles. The summed E-state index contributed by atoms with van der Waals surface area (Å²) in [4.78, 5) is 24.8. The molecule has 274 valence electrons. The fourth-order valence-corrected chi connectivity index (χ4v) is 8.45. The van der Waals surface area contributed by atoms with Crippen molar-refractivity contribution in [3.63, 3.8) is 0 Å². The van der Waals surface area contributed by atoms with Crippen molar-refractivity contribution < 1.29 is 28.5 Å². The van der Waals surface area contributed by atoms with Crippen LogP contribution in [0.15, 0.2) is 152 Å². The van der Waals surface area contributed by atoms with Gasteiger partial charge in [0, 0.05) is 74.8 Å². The zero-order valence-corrected chi connectivity index (χ0v) is 30.2. The van der Waals surface area contributed by atoms with E-state index in [1.54, 1.807) is 36.4 Å². The van der Waals surface area contributed by atoms with Crippen LogP contribution in [-0.4, -0.2) is 23.4 Å². The summed E-state index contributed by atoms with van der Waals surface area (Å²) in [6.45, 7) is 0.985. The predicted molar refractivity (Wildman–Crippen MR) is 222 cm³/mol. The number of aromatic hydroxyl groups is 2. The van der Waals surface area contributed by atoms with E-state index in [0.717, 1.165) is 88.3 Å². The molecule has 3 aliphatic heterocycles. The summed E-state index contributed by atoms with van der Waals surface area (Å²) in [5.74, 6) is 2.52. The number of ether oxygens (including phenoxy) is 2. The van der Waals surface area contributed by atoms with Gasteiger partial charge in [-0.3, -0.25) is 9.59 Å². The maximum absolute atomic E-state index is 12.4. The lowest BCUT2D eigenvalue weighted by molar-refractivity contribution is 0.252. The van der Waals surface area contributed by atoms with E-state index >= 15 is 0 Å². The number of fused-ring (bicyclic) bond motifs is 11. The van der Waals surface area contributed by atoms with Gasteiger partial charge < -0.3 is 28.5 Å². The molecule has 0 atom stereocenters. The number of hydrogen-bond donors (Lipinski definition) is 2. The summed E-state index contributed by atoms with van der Waals surface area (Å²) in [6.07, 6.45) is 0.715. The molecule has 11 rings (SSSR count). The van der Waals surface area contributed by atoms with E-state index in [1.807, 2.05) is 24.3 Å². The average Bonchev–Trinajstić information content (AvgIpc) is 3.30. The number of phenols is 2. The van der Waals surface area contributed by atoms with E-state index in [1.165, 1.54) is 24.3 Å². The summed E-state index contributed by atoms with van der Waals surface area (Å²) in [5.41, 5.74) is 7.67. The Hall–Kier alpha value is -7.58. The third-order valence-electron chi connectivity index (χ3n) is 10.9. The molecule has 0 aromatic heterocycles. The van der Waals surface area contributed by atoms with Gasteiger partial charge in [0.2, 0.25) is 0 Å². The summed E-state index contributed by atoms with van der Waals surface area (Å²) in [6, 6.07) is 40.5. The van der Waals surface area contributed by atoms with E-state index in [9.17, 15) is 19.8 Å². The van der Waals surface area contributed by atoms with Gasteiger partial charge in [0.1, 0.15) is 45.7 Å². The highest BCUT2D eigenvalue weighted by molar-refractivity contribution is 6.13. The topological polar surface area (TPSA) is 119 Å². The minimum atomic E-state index is -0.163. The SMILES string of the molecule is O=c1ccc2c(-c3ccc4c5c(ccc4c3)OCCCOc3ccc4cc(-c6c7ccc(=O)cc-7oc7cc(O)ccc67)ccc4c3-5)c3ccc(O)cc3oc-2c1. The van der Waals surface area contributed by atoms with Crippen molar-refractivity contribution in [2.24, 2.45) is 0 Å². The predicted octanol–water partition coefficient (Wildman–Crippen LogP) is 11.0. The number of benzene rings is 8. The molecule has 0 amide bonds. The van der Waals surface area contributed by atoms with Crippen LogP contribution in [0.5, 0.6) is 23.0 Å². The Bertz CT molecular complexity index is 3130. The van der Waals surface area contributed by atoms with E-state index < -0.39 is 0 Å². The third-order valence-corrected chi connectivity index (χ3v) is 10.9. The van der Waals surface area contributed by atoms with Crippen LogP contribution in [0.2, 0.25) is 0 Å². The van der Waals surface area contributed by atoms with Crippen molar-refractivity contribution in [2.45, 2.75) is 6.42 Å². The molecule has 0 bridgehead atoms. The van der Waals surface area contributed by atoms with Crippen LogP contribution in [0, 0.1) is 0 Å². The molecule has 8 heteroatoms. The van der Waals surface area contributed by atoms with Gasteiger partial charge in [-0.15, -0.1) is 0 Å². The molecular weight excluding hydrogens is 717 g/mol. The zero-order chi connectivity index (χ0) is 38.4. The Labute approximate surface area is 323 Å². The lowest BCUT2D eigenvalue weighted by atomic mass is 9.88. The van der Waals surface area contributed by atoms with E-state index in [4.69, 9.17) is 18.3 Å². The van der Waals surface area contributed by atoms with Crippen LogP contribution in [0.25, 0.3) is 99.5 Å². The van der Waals surface area contributed by atoms with Crippen molar-refractivity contribution in [3.8, 4) is 79.0 Å². The van der Waals surface area contributed by atoms with Gasteiger partial charge in [0.25, 0.3) is 0 Å². The van der Waals surface area contributed by atoms with Crippen molar-refractivity contribution in [1.29, 1.82) is 0 Å². The molecule has 2 N–H and O–H groups in total. The Balaban J connectivity index is 1.14. The Morgan fingerprint density at radius 1 is 0.421 bits per heavy atom. The molecule has 8 nitrogen and oxygen atoms in total. The first-order chi connectivity index (χ1) is 27.9. The Kier molecular flexibility index (Phi) is 7.18. The van der Waals surface area contributed by atoms with Gasteiger partial charge >= 0.3 is 0 Å². The van der Waals surface area contributed by atoms with Crippen molar-refractivity contribution in [1.82, 2.24) is 0 Å². The average molecular weight is 747 g/mol. The van der Waals surface area contributed by atoms with Crippen LogP contribution in [0.4, 0.5) is 0 Å². The van der Waals surface area contributed by atoms with Gasteiger partial charge in [-0.1, -0.05) is 36.4 Å². The van der Waals surface area contributed by atoms with Gasteiger partial charge in [-0.25, -0.2) is 0 Å². The van der Waals surface area contributed by atoms with Crippen molar-refractivity contribution in [2.75, 3.05) is 13.2 Å². The minimum absolute atomic E-state index is 0.0715. The van der Waals surface area contributed by atoms with Crippen molar-refractivity contribution in [3.05, 3.63) is 154 Å². The standard InChI is InChI=1S/C49H30O8/c50-30-6-12-36-42(22-30)56-43-23-31(51)7-13-37(43)46(36)28-2-10-34-26(20-28)4-16-40-48(34)49-35-11-3-29(21-27(35)5-17-41(49)55-19-1-18-54-40)47-38-14-8-32(52)24-44(38)57-45-25-33(53)9-15-39(45)47/h2-17,20-25,50,52H,1,18-19H2. The second kappa shape index (κ2) is 12.5. The summed E-state index contributed by atoms with van der Waals surface area (Å²) in [7, 11) is 0. The first kappa shape index (κ1) is 32.8. The molecule has 0 radical (unpaired) electrons. The zero-order valence-electron chi connectivity index (χ0n) is 30.2. The molecule has 6 aromatic rings. The van der Waals surface area contributed by atoms with Crippen LogP contribution in [0.1, 0.15) is 6.42 Å². The largest absolute Gasteiger partial charge is 0.508 e. The van der Waals surface area contributed by atoms with E-state index in [0.29, 0.717) is 42.3 Å². The maximum atomic E-state index is 12.4. The van der Waals surface area contributed by atoms with Crippen LogP contribution >= 0.6 is 0 Å². The second-order valence-corrected chi connectivity index (χ2v) is 14.4. The minimum Gasteiger partial charge on any atom is -0.508 e. The first-order valence-electron chi connectivity index (χ1n) is 18.7. The molecule has 0 unspecified atom stereocenters. The quantitative estimate of drug-likeness (QED) is 0.168. The molecule has 5 aliphatic rings. The van der Waals surface area contributed by atoms with Gasteiger partial charge in [0.15, 0.2) is 10.9 Å². The molecule has 0 fully saturated rings. The summed E-state index contributed by atoms with van der Waals surface area (Å²) >= 11 is 0. The van der Waals surface area contributed by atoms with Gasteiger partial charge in [0.05, 0.1) is 13.2 Å². The highest BCUT2D eigenvalue weighted by atomic mass is 16.5. The molecule has 6 aromatic carbocycles. The van der Waals surface area contributed by atoms with Crippen molar-refractivity contribution >= 4 is 43.5 Å². The summed E-state index contributed by atoms with van der Waals surface area (Å²) < 4.78 is 25.2. The highest BCUT2D eigenvalue weighted by Crippen LogP contribution is 2.49. The Morgan fingerprint density at radius 2 is 0.877 bits per heavy atom. The van der Waals surface area contributed by atoms with E-state index in [2.05, 4.69) is 48.5 Å². The molecular formula is C49H30O8. The lowest BCUT2D eigenvalue weighted by Gasteiger charge is -2.20. The van der Waals surface area contributed by atoms with Gasteiger partial charge in [-0.05, 0) is 105 Å². The molecule has 0 spiro atoms. The summed E-state index contributed by atoms with van der Waals surface area (Å²) in [5, 5.41) is 26.1. The fourth-order valence-electron chi connectivity index (χ4n) is 8.45.